The van der Waals surface area contributed by atoms with E-state index >= 15 is 0 Å². The van der Waals surface area contributed by atoms with Crippen LogP contribution in [-0.4, -0.2) is 10.1 Å². The van der Waals surface area contributed by atoms with E-state index in [0.29, 0.717) is 0 Å². The number of allylic oxidation sites excluding steroid dienone is 2. The summed E-state index contributed by atoms with van der Waals surface area (Å²) in [6, 6.07) is 89.0. The van der Waals surface area contributed by atoms with E-state index in [1.54, 1.807) is 0 Å². The lowest BCUT2D eigenvalue weighted by Crippen LogP contribution is -2.42. The van der Waals surface area contributed by atoms with Crippen LogP contribution in [0.5, 0.6) is 0 Å². The zero-order valence-corrected chi connectivity index (χ0v) is 38.4. The van der Waals surface area contributed by atoms with Gasteiger partial charge in [-0.25, -0.2) is 0 Å². The molecule has 0 bridgehead atoms. The van der Waals surface area contributed by atoms with Crippen LogP contribution in [0.15, 0.2) is 261 Å². The molecule has 12 aromatic rings. The predicted octanol–water partition coefficient (Wildman–Crippen LogP) is 18.2. The molecule has 0 amide bonds. The second-order valence-electron chi connectivity index (χ2n) is 18.7. The molecule has 1 aliphatic rings. The Hall–Kier alpha value is -8.72. The van der Waals surface area contributed by atoms with Crippen molar-refractivity contribution in [1.82, 2.24) is 4.57 Å². The Balaban J connectivity index is 0.953. The molecule has 1 atom stereocenters. The van der Waals surface area contributed by atoms with Crippen molar-refractivity contribution in [2.75, 3.05) is 4.90 Å². The summed E-state index contributed by atoms with van der Waals surface area (Å²) in [5.41, 5.74) is 15.2. The van der Waals surface area contributed by atoms with Crippen molar-refractivity contribution in [2.24, 2.45) is 0 Å². The zero-order valence-electron chi connectivity index (χ0n) is 38.4. The first-order valence-electron chi connectivity index (χ1n) is 24.0. The predicted molar refractivity (Wildman–Crippen MR) is 295 cm³/mol. The van der Waals surface area contributed by atoms with Gasteiger partial charge in [0.15, 0.2) is 0 Å². The summed E-state index contributed by atoms with van der Waals surface area (Å²) in [6.45, 7) is 2.39. The SMILES string of the molecule is CC1(N(c2ccc(-c3cccc(-c4ccccc4)c3)cc2)c2cccc(-c3cccc4c3c3cc5ccccc5cc3n4-c3ccccc3)c2)C=CC(c2cc3ccccc3c3ccccc23)=CC1. The van der Waals surface area contributed by atoms with Gasteiger partial charge in [-0.2, -0.15) is 0 Å². The van der Waals surface area contributed by atoms with Crippen molar-refractivity contribution in [1.29, 1.82) is 0 Å². The fourth-order valence-electron chi connectivity index (χ4n) is 11.1. The summed E-state index contributed by atoms with van der Waals surface area (Å²) in [6.07, 6.45) is 8.08. The lowest BCUT2D eigenvalue weighted by atomic mass is 9.84. The lowest BCUT2D eigenvalue weighted by molar-refractivity contribution is 0.571. The highest BCUT2D eigenvalue weighted by molar-refractivity contribution is 6.19. The lowest BCUT2D eigenvalue weighted by Gasteiger charge is -2.42. The first-order valence-corrected chi connectivity index (χ1v) is 24.0. The van der Waals surface area contributed by atoms with Crippen molar-refractivity contribution in [3.05, 3.63) is 266 Å². The monoisotopic (exact) mass is 880 g/mol. The number of nitrogens with zero attached hydrogens (tertiary/aromatic N) is 2. The minimum Gasteiger partial charge on any atom is -0.332 e. The van der Waals surface area contributed by atoms with E-state index in [9.17, 15) is 0 Å². The molecule has 2 heteroatoms. The quantitative estimate of drug-likeness (QED) is 0.138. The van der Waals surface area contributed by atoms with Gasteiger partial charge in [-0.1, -0.05) is 194 Å². The Morgan fingerprint density at radius 3 is 1.75 bits per heavy atom. The molecule has 11 aromatic carbocycles. The van der Waals surface area contributed by atoms with Gasteiger partial charge in [0.05, 0.1) is 16.6 Å². The third kappa shape index (κ3) is 7.03. The molecule has 0 aliphatic heterocycles. The number of aromatic nitrogens is 1. The van der Waals surface area contributed by atoms with E-state index in [1.807, 2.05) is 0 Å². The number of hydrogen-bond acceptors (Lipinski definition) is 1. The molecule has 0 saturated heterocycles. The van der Waals surface area contributed by atoms with Crippen molar-refractivity contribution < 1.29 is 0 Å². The molecular weight excluding hydrogens is 833 g/mol. The highest BCUT2D eigenvalue weighted by Crippen LogP contribution is 2.45. The molecule has 69 heavy (non-hydrogen) atoms. The summed E-state index contributed by atoms with van der Waals surface area (Å²) in [5.74, 6) is 0. The van der Waals surface area contributed by atoms with Crippen LogP contribution in [0.3, 0.4) is 0 Å². The molecule has 13 rings (SSSR count). The van der Waals surface area contributed by atoms with Crippen LogP contribution in [-0.2, 0) is 0 Å². The average Bonchev–Trinajstić information content (AvgIpc) is 3.74. The number of fused-ring (bicyclic) bond motifs is 7. The van der Waals surface area contributed by atoms with Crippen LogP contribution in [0.2, 0.25) is 0 Å². The summed E-state index contributed by atoms with van der Waals surface area (Å²) in [5, 5.41) is 10.1. The molecule has 1 aliphatic carbocycles. The van der Waals surface area contributed by atoms with E-state index in [4.69, 9.17) is 0 Å². The molecule has 0 saturated carbocycles. The second-order valence-corrected chi connectivity index (χ2v) is 18.7. The van der Waals surface area contributed by atoms with E-state index in [2.05, 4.69) is 277 Å². The highest BCUT2D eigenvalue weighted by atomic mass is 15.2. The third-order valence-electron chi connectivity index (χ3n) is 14.5. The van der Waals surface area contributed by atoms with E-state index in [0.717, 1.165) is 23.5 Å². The maximum absolute atomic E-state index is 2.56. The van der Waals surface area contributed by atoms with E-state index in [1.165, 1.54) is 98.6 Å². The fraction of sp³-hybridized carbons (Fsp3) is 0.0448. The standard InChI is InChI=1S/C67H48N2/c1-67(39-37-48(38-40-67)62-44-54-21-10-11-28-58(54)60-29-12-13-30-61(60)62)69(56-35-33-47(34-36-56)50-23-14-22-49(41-50)46-17-4-2-5-18-46)57-27-15-24-53(42-57)59-31-16-32-64-66(59)63-43-51-19-8-9-20-52(51)45-65(63)68(64)55-25-6-3-7-26-55/h2-39,41-45H,40H2,1H3. The molecule has 1 unspecified atom stereocenters. The van der Waals surface area contributed by atoms with Gasteiger partial charge in [0, 0.05) is 27.8 Å². The molecule has 0 radical (unpaired) electrons. The number of benzene rings is 11. The molecule has 0 spiro atoms. The van der Waals surface area contributed by atoms with E-state index in [-0.39, 0.29) is 0 Å². The van der Waals surface area contributed by atoms with Crippen LogP contribution < -0.4 is 4.90 Å². The maximum atomic E-state index is 2.56. The smallest absolute Gasteiger partial charge is 0.0643 e. The first-order chi connectivity index (χ1) is 34.1. The Labute approximate surface area is 403 Å². The average molecular weight is 881 g/mol. The van der Waals surface area contributed by atoms with Gasteiger partial charge < -0.3 is 9.47 Å². The summed E-state index contributed by atoms with van der Waals surface area (Å²) < 4.78 is 2.43. The first kappa shape index (κ1) is 40.5. The summed E-state index contributed by atoms with van der Waals surface area (Å²) in [4.78, 5) is 2.56. The maximum Gasteiger partial charge on any atom is 0.0643 e. The number of para-hydroxylation sites is 1. The molecule has 0 N–H and O–H groups in total. The largest absolute Gasteiger partial charge is 0.332 e. The van der Waals surface area contributed by atoms with Crippen LogP contribution in [0.4, 0.5) is 11.4 Å². The summed E-state index contributed by atoms with van der Waals surface area (Å²) in [7, 11) is 0. The third-order valence-corrected chi connectivity index (χ3v) is 14.5. The van der Waals surface area contributed by atoms with Crippen LogP contribution in [0.25, 0.3) is 98.8 Å². The number of rotatable bonds is 8. The van der Waals surface area contributed by atoms with Gasteiger partial charge in [-0.3, -0.25) is 0 Å². The van der Waals surface area contributed by atoms with Gasteiger partial charge in [-0.15, -0.1) is 0 Å². The molecule has 326 valence electrons. The molecule has 0 fully saturated rings. The Bertz CT molecular complexity index is 3990. The van der Waals surface area contributed by atoms with Gasteiger partial charge in [0.1, 0.15) is 0 Å². The normalized spacial score (nSPS) is 14.8. The summed E-state index contributed by atoms with van der Waals surface area (Å²) >= 11 is 0. The molecule has 2 nitrogen and oxygen atoms in total. The van der Waals surface area contributed by atoms with Crippen molar-refractivity contribution in [2.45, 2.75) is 18.9 Å². The van der Waals surface area contributed by atoms with Gasteiger partial charge in [-0.05, 0) is 157 Å². The Morgan fingerprint density at radius 2 is 1.00 bits per heavy atom. The highest BCUT2D eigenvalue weighted by Gasteiger charge is 2.33. The van der Waals surface area contributed by atoms with Crippen molar-refractivity contribution in [3.63, 3.8) is 0 Å². The van der Waals surface area contributed by atoms with Crippen LogP contribution in [0, 0.1) is 0 Å². The minimum atomic E-state index is -0.391. The molecule has 1 heterocycles. The number of anilines is 2. The van der Waals surface area contributed by atoms with Crippen molar-refractivity contribution in [3.8, 4) is 39.1 Å². The zero-order chi connectivity index (χ0) is 45.9. The molecule has 1 aromatic heterocycles. The van der Waals surface area contributed by atoms with Crippen LogP contribution in [0.1, 0.15) is 18.9 Å². The van der Waals surface area contributed by atoms with Gasteiger partial charge in [0.25, 0.3) is 0 Å². The van der Waals surface area contributed by atoms with Crippen molar-refractivity contribution >= 4 is 71.1 Å². The number of hydrogen-bond donors (Lipinski definition) is 0. The molecular formula is C67H48N2. The Kier molecular flexibility index (Phi) is 9.73. The second kappa shape index (κ2) is 16.6. The topological polar surface area (TPSA) is 8.17 Å². The minimum absolute atomic E-state index is 0.391. The van der Waals surface area contributed by atoms with E-state index < -0.39 is 5.54 Å². The fourth-order valence-corrected chi connectivity index (χ4v) is 11.1. The van der Waals surface area contributed by atoms with Gasteiger partial charge in [0.2, 0.25) is 0 Å². The van der Waals surface area contributed by atoms with Gasteiger partial charge >= 0.3 is 0 Å². The van der Waals surface area contributed by atoms with Crippen LogP contribution >= 0.6 is 0 Å². The Morgan fingerprint density at radius 1 is 0.391 bits per heavy atom.